The lowest BCUT2D eigenvalue weighted by molar-refractivity contribution is -0.122. The Bertz CT molecular complexity index is 518. The Morgan fingerprint density at radius 3 is 2.52 bits per heavy atom. The first-order chi connectivity index (χ1) is 9.83. The fraction of sp³-hybridized carbons (Fsp3) is 0.467. The van der Waals surface area contributed by atoms with Crippen LogP contribution in [0.3, 0.4) is 0 Å². The molecule has 0 saturated carbocycles. The van der Waals surface area contributed by atoms with E-state index in [9.17, 15) is 9.59 Å². The summed E-state index contributed by atoms with van der Waals surface area (Å²) in [4.78, 5) is 24.7. The van der Waals surface area contributed by atoms with Crippen molar-refractivity contribution in [3.8, 4) is 0 Å². The largest absolute Gasteiger partial charge is 0.478 e. The number of aromatic carboxylic acids is 1. The van der Waals surface area contributed by atoms with Crippen LogP contribution in [0.2, 0.25) is 0 Å². The second-order valence-electron chi connectivity index (χ2n) is 5.14. The predicted molar refractivity (Wildman–Crippen MR) is 85.3 cm³/mol. The number of hydrogen-bond donors (Lipinski definition) is 2. The maximum Gasteiger partial charge on any atom is 0.335 e. The molecule has 0 unspecified atom stereocenters. The zero-order valence-electron chi connectivity index (χ0n) is 12.5. The lowest BCUT2D eigenvalue weighted by Gasteiger charge is -2.21. The molecule has 0 atom stereocenters. The fourth-order valence-electron chi connectivity index (χ4n) is 1.90. The lowest BCUT2D eigenvalue weighted by Crippen LogP contribution is -2.39. The Morgan fingerprint density at radius 2 is 2.05 bits per heavy atom. The summed E-state index contributed by atoms with van der Waals surface area (Å²) in [6, 6.07) is 5.05. The summed E-state index contributed by atoms with van der Waals surface area (Å²) in [5.74, 6) is -0.962. The Morgan fingerprint density at radius 1 is 1.38 bits per heavy atom. The highest BCUT2D eigenvalue weighted by Crippen LogP contribution is 2.20. The summed E-state index contributed by atoms with van der Waals surface area (Å²) in [6.07, 6.45) is 0. The highest BCUT2D eigenvalue weighted by atomic mass is 79.9. The van der Waals surface area contributed by atoms with Crippen LogP contribution in [0.4, 0.5) is 0 Å². The fourth-order valence-corrected chi connectivity index (χ4v) is 2.40. The van der Waals surface area contributed by atoms with Gasteiger partial charge >= 0.3 is 5.97 Å². The number of benzene rings is 1. The van der Waals surface area contributed by atoms with Crippen molar-refractivity contribution in [2.24, 2.45) is 0 Å². The molecule has 1 aromatic carbocycles. The molecule has 0 aliphatic carbocycles. The van der Waals surface area contributed by atoms with E-state index in [1.807, 2.05) is 25.7 Å². The average molecular weight is 357 g/mol. The van der Waals surface area contributed by atoms with Gasteiger partial charge in [0.05, 0.1) is 12.1 Å². The number of carbonyl (C=O) groups excluding carboxylic acids is 1. The number of amides is 1. The number of nitrogens with one attached hydrogen (secondary N) is 1. The van der Waals surface area contributed by atoms with Gasteiger partial charge in [0.15, 0.2) is 0 Å². The lowest BCUT2D eigenvalue weighted by atomic mass is 10.1. The third-order valence-electron chi connectivity index (χ3n) is 2.96. The first-order valence-corrected chi connectivity index (χ1v) is 7.66. The third-order valence-corrected chi connectivity index (χ3v) is 3.70. The van der Waals surface area contributed by atoms with Crippen LogP contribution in [0.1, 0.15) is 36.7 Å². The highest BCUT2D eigenvalue weighted by Gasteiger charge is 2.13. The van der Waals surface area contributed by atoms with E-state index in [0.717, 1.165) is 16.6 Å². The molecule has 1 amide bonds. The van der Waals surface area contributed by atoms with Crippen molar-refractivity contribution in [2.45, 2.75) is 33.4 Å². The minimum atomic E-state index is -0.953. The second-order valence-corrected chi connectivity index (χ2v) is 5.99. The zero-order chi connectivity index (χ0) is 16.0. The number of rotatable bonds is 7. The van der Waals surface area contributed by atoms with Gasteiger partial charge in [-0.3, -0.25) is 9.69 Å². The van der Waals surface area contributed by atoms with Crippen molar-refractivity contribution < 1.29 is 14.7 Å². The Hall–Kier alpha value is -1.40. The van der Waals surface area contributed by atoms with Crippen LogP contribution in [0.5, 0.6) is 0 Å². The standard InChI is InChI=1S/C15H21BrN2O3/c1-4-18(9-14(19)17-10(2)3)8-12-6-5-11(15(20)21)7-13(12)16/h5-7,10H,4,8-9H2,1-3H3,(H,17,19)(H,20,21). The Balaban J connectivity index is 2.73. The van der Waals surface area contributed by atoms with E-state index >= 15 is 0 Å². The summed E-state index contributed by atoms with van der Waals surface area (Å²) in [5, 5.41) is 11.8. The van der Waals surface area contributed by atoms with Gasteiger partial charge in [0, 0.05) is 17.1 Å². The van der Waals surface area contributed by atoms with Crippen LogP contribution in [0.15, 0.2) is 22.7 Å². The summed E-state index contributed by atoms with van der Waals surface area (Å²) in [7, 11) is 0. The van der Waals surface area contributed by atoms with Crippen molar-refractivity contribution in [1.82, 2.24) is 10.2 Å². The molecule has 0 aliphatic heterocycles. The van der Waals surface area contributed by atoms with Crippen molar-refractivity contribution in [3.05, 3.63) is 33.8 Å². The number of carboxylic acid groups (broad SMARTS) is 1. The number of halogens is 1. The van der Waals surface area contributed by atoms with Gasteiger partial charge in [0.1, 0.15) is 0 Å². The van der Waals surface area contributed by atoms with E-state index < -0.39 is 5.97 Å². The summed E-state index contributed by atoms with van der Waals surface area (Å²) in [6.45, 7) is 7.48. The van der Waals surface area contributed by atoms with Crippen molar-refractivity contribution >= 4 is 27.8 Å². The minimum absolute atomic E-state index is 0.00914. The number of hydrogen-bond acceptors (Lipinski definition) is 3. The van der Waals surface area contributed by atoms with E-state index in [0.29, 0.717) is 13.1 Å². The molecule has 0 bridgehead atoms. The minimum Gasteiger partial charge on any atom is -0.478 e. The number of nitrogens with zero attached hydrogens (tertiary/aromatic N) is 1. The molecule has 1 aromatic rings. The molecule has 0 heterocycles. The van der Waals surface area contributed by atoms with Gasteiger partial charge in [0.25, 0.3) is 0 Å². The Labute approximate surface area is 133 Å². The first-order valence-electron chi connectivity index (χ1n) is 6.87. The third kappa shape index (κ3) is 5.85. The normalized spacial score (nSPS) is 11.0. The zero-order valence-corrected chi connectivity index (χ0v) is 14.1. The molecule has 0 spiro atoms. The van der Waals surface area contributed by atoms with E-state index in [1.54, 1.807) is 18.2 Å². The monoisotopic (exact) mass is 356 g/mol. The SMILES string of the molecule is CCN(CC(=O)NC(C)C)Cc1ccc(C(=O)O)cc1Br. The molecular weight excluding hydrogens is 336 g/mol. The quantitative estimate of drug-likeness (QED) is 0.787. The maximum absolute atomic E-state index is 11.8. The van der Waals surface area contributed by atoms with Gasteiger partial charge < -0.3 is 10.4 Å². The average Bonchev–Trinajstić information content (AvgIpc) is 2.38. The summed E-state index contributed by atoms with van der Waals surface area (Å²) >= 11 is 3.39. The van der Waals surface area contributed by atoms with Crippen LogP contribution in [-0.2, 0) is 11.3 Å². The molecular formula is C15H21BrN2O3. The summed E-state index contributed by atoms with van der Waals surface area (Å²) < 4.78 is 0.741. The number of carbonyl (C=O) groups is 2. The molecule has 0 radical (unpaired) electrons. The van der Waals surface area contributed by atoms with E-state index in [4.69, 9.17) is 5.11 Å². The van der Waals surface area contributed by atoms with Crippen LogP contribution >= 0.6 is 15.9 Å². The van der Waals surface area contributed by atoms with Crippen LogP contribution in [-0.4, -0.2) is 41.0 Å². The maximum atomic E-state index is 11.8. The van der Waals surface area contributed by atoms with E-state index in [1.165, 1.54) is 0 Å². The molecule has 0 aromatic heterocycles. The van der Waals surface area contributed by atoms with Crippen LogP contribution in [0.25, 0.3) is 0 Å². The van der Waals surface area contributed by atoms with Crippen LogP contribution < -0.4 is 5.32 Å². The molecule has 6 heteroatoms. The molecule has 116 valence electrons. The number of likely N-dealkylation sites (N-methyl/N-ethyl adjacent to an activating group) is 1. The molecule has 1 rings (SSSR count). The summed E-state index contributed by atoms with van der Waals surface area (Å²) in [5.41, 5.74) is 1.20. The van der Waals surface area contributed by atoms with Gasteiger partial charge in [-0.15, -0.1) is 0 Å². The molecule has 5 nitrogen and oxygen atoms in total. The van der Waals surface area contributed by atoms with Gasteiger partial charge in [0.2, 0.25) is 5.91 Å². The van der Waals surface area contributed by atoms with E-state index in [-0.39, 0.29) is 17.5 Å². The second kappa shape index (κ2) is 8.14. The van der Waals surface area contributed by atoms with Crippen molar-refractivity contribution in [1.29, 1.82) is 0 Å². The van der Waals surface area contributed by atoms with E-state index in [2.05, 4.69) is 21.2 Å². The molecule has 0 aliphatic rings. The smallest absolute Gasteiger partial charge is 0.335 e. The van der Waals surface area contributed by atoms with Gasteiger partial charge in [-0.25, -0.2) is 4.79 Å². The number of carboxylic acids is 1. The predicted octanol–water partition coefficient (Wildman–Crippen LogP) is 2.49. The van der Waals surface area contributed by atoms with Crippen molar-refractivity contribution in [2.75, 3.05) is 13.1 Å². The van der Waals surface area contributed by atoms with Crippen molar-refractivity contribution in [3.63, 3.8) is 0 Å². The van der Waals surface area contributed by atoms with Gasteiger partial charge in [-0.1, -0.05) is 28.9 Å². The Kier molecular flexibility index (Phi) is 6.84. The molecule has 2 N–H and O–H groups in total. The topological polar surface area (TPSA) is 69.6 Å². The first kappa shape index (κ1) is 17.7. The highest BCUT2D eigenvalue weighted by molar-refractivity contribution is 9.10. The molecule has 0 fully saturated rings. The van der Waals surface area contributed by atoms with Crippen LogP contribution in [0, 0.1) is 0 Å². The molecule has 21 heavy (non-hydrogen) atoms. The van der Waals surface area contributed by atoms with Gasteiger partial charge in [-0.2, -0.15) is 0 Å². The van der Waals surface area contributed by atoms with Gasteiger partial charge in [-0.05, 0) is 38.1 Å². The molecule has 0 saturated heterocycles.